The Morgan fingerprint density at radius 3 is 2.46 bits per heavy atom. The van der Waals surface area contributed by atoms with E-state index in [0.717, 1.165) is 55.3 Å². The number of aliphatic hydroxyl groups is 1. The highest BCUT2D eigenvalue weighted by molar-refractivity contribution is 6.31. The highest BCUT2D eigenvalue weighted by Gasteiger charge is 2.21. The number of unbranched alkanes of at least 4 members (excludes halogenated alkanes) is 2. The largest absolute Gasteiger partial charge is 0.396 e. The van der Waals surface area contributed by atoms with Gasteiger partial charge in [-0.1, -0.05) is 56.1 Å². The SMILES string of the molecule is CCCCc1c(C(C)c2ccc(CCCCO)cc2)[nH]c2ccc(Cl)c(F)c12. The summed E-state index contributed by atoms with van der Waals surface area (Å²) >= 11 is 6.06. The number of H-pyrrole nitrogens is 1. The van der Waals surface area contributed by atoms with Gasteiger partial charge in [0.25, 0.3) is 0 Å². The molecule has 2 N–H and O–H groups in total. The van der Waals surface area contributed by atoms with E-state index in [1.54, 1.807) is 6.07 Å². The third kappa shape index (κ3) is 4.42. The van der Waals surface area contributed by atoms with Gasteiger partial charge >= 0.3 is 0 Å². The number of aliphatic hydroxyl groups excluding tert-OH is 1. The molecule has 0 aliphatic heterocycles. The maximum atomic E-state index is 14.8. The molecule has 3 rings (SSSR count). The van der Waals surface area contributed by atoms with Gasteiger partial charge in [-0.05, 0) is 60.9 Å². The number of fused-ring (bicyclic) bond motifs is 1. The van der Waals surface area contributed by atoms with Crippen LogP contribution in [0.5, 0.6) is 0 Å². The minimum atomic E-state index is -0.320. The molecule has 1 heterocycles. The van der Waals surface area contributed by atoms with Crippen molar-refractivity contribution in [3.63, 3.8) is 0 Å². The van der Waals surface area contributed by atoms with Crippen molar-refractivity contribution in [1.29, 1.82) is 0 Å². The lowest BCUT2D eigenvalue weighted by Gasteiger charge is -2.14. The average molecular weight is 402 g/mol. The predicted octanol–water partition coefficient (Wildman–Crippen LogP) is 6.77. The van der Waals surface area contributed by atoms with Crippen LogP contribution in [0.3, 0.4) is 0 Å². The van der Waals surface area contributed by atoms with Crippen LogP contribution in [0, 0.1) is 5.82 Å². The molecular formula is C24H29ClFNO. The Hall–Kier alpha value is -1.84. The molecule has 0 saturated heterocycles. The molecule has 1 unspecified atom stereocenters. The van der Waals surface area contributed by atoms with Crippen molar-refractivity contribution < 1.29 is 9.50 Å². The van der Waals surface area contributed by atoms with E-state index < -0.39 is 0 Å². The molecule has 2 nitrogen and oxygen atoms in total. The molecule has 0 amide bonds. The summed E-state index contributed by atoms with van der Waals surface area (Å²) in [4.78, 5) is 3.47. The first kappa shape index (κ1) is 20.9. The Bertz CT molecular complexity index is 916. The van der Waals surface area contributed by atoms with Crippen molar-refractivity contribution >= 4 is 22.5 Å². The molecule has 1 aromatic heterocycles. The third-order valence-corrected chi connectivity index (χ3v) is 5.85. The van der Waals surface area contributed by atoms with E-state index >= 15 is 0 Å². The summed E-state index contributed by atoms with van der Waals surface area (Å²) in [7, 11) is 0. The fraction of sp³-hybridized carbons (Fsp3) is 0.417. The lowest BCUT2D eigenvalue weighted by molar-refractivity contribution is 0.284. The minimum Gasteiger partial charge on any atom is -0.396 e. The summed E-state index contributed by atoms with van der Waals surface area (Å²) in [5, 5.41) is 9.75. The molecule has 0 aliphatic carbocycles. The number of aromatic nitrogens is 1. The van der Waals surface area contributed by atoms with Gasteiger partial charge in [0, 0.05) is 29.1 Å². The number of hydrogen-bond acceptors (Lipinski definition) is 1. The Morgan fingerprint density at radius 2 is 1.79 bits per heavy atom. The van der Waals surface area contributed by atoms with Gasteiger partial charge in [-0.15, -0.1) is 0 Å². The smallest absolute Gasteiger partial charge is 0.151 e. The normalized spacial score (nSPS) is 12.6. The summed E-state index contributed by atoms with van der Waals surface area (Å²) in [5.41, 5.74) is 5.44. The van der Waals surface area contributed by atoms with Gasteiger partial charge in [-0.2, -0.15) is 0 Å². The molecule has 0 radical (unpaired) electrons. The molecule has 28 heavy (non-hydrogen) atoms. The number of aromatic amines is 1. The Morgan fingerprint density at radius 1 is 1.04 bits per heavy atom. The molecule has 150 valence electrons. The molecule has 0 fully saturated rings. The van der Waals surface area contributed by atoms with Crippen molar-refractivity contribution in [2.24, 2.45) is 0 Å². The lowest BCUT2D eigenvalue weighted by Crippen LogP contribution is -2.01. The number of nitrogens with one attached hydrogen (secondary N) is 1. The molecular weight excluding hydrogens is 373 g/mol. The van der Waals surface area contributed by atoms with Crippen LogP contribution >= 0.6 is 11.6 Å². The molecule has 0 bridgehead atoms. The van der Waals surface area contributed by atoms with E-state index in [0.29, 0.717) is 5.39 Å². The zero-order chi connectivity index (χ0) is 20.1. The Kier molecular flexibility index (Phi) is 7.14. The number of benzene rings is 2. The van der Waals surface area contributed by atoms with Crippen molar-refractivity contribution in [3.05, 3.63) is 69.6 Å². The zero-order valence-corrected chi connectivity index (χ0v) is 17.5. The van der Waals surface area contributed by atoms with Crippen LogP contribution in [0.15, 0.2) is 36.4 Å². The summed E-state index contributed by atoms with van der Waals surface area (Å²) in [6.45, 7) is 4.56. The molecule has 0 saturated carbocycles. The van der Waals surface area contributed by atoms with Gasteiger partial charge in [0.2, 0.25) is 0 Å². The second-order valence-electron chi connectivity index (χ2n) is 7.55. The van der Waals surface area contributed by atoms with E-state index in [-0.39, 0.29) is 23.4 Å². The van der Waals surface area contributed by atoms with Crippen LogP contribution < -0.4 is 0 Å². The first-order valence-corrected chi connectivity index (χ1v) is 10.6. The van der Waals surface area contributed by atoms with Crippen LogP contribution in [-0.2, 0) is 12.8 Å². The van der Waals surface area contributed by atoms with E-state index in [9.17, 15) is 4.39 Å². The average Bonchev–Trinajstić information content (AvgIpc) is 3.08. The lowest BCUT2D eigenvalue weighted by atomic mass is 9.91. The maximum Gasteiger partial charge on any atom is 0.151 e. The number of aryl methyl sites for hydroxylation is 2. The van der Waals surface area contributed by atoms with Crippen molar-refractivity contribution in [2.45, 2.75) is 58.3 Å². The monoisotopic (exact) mass is 401 g/mol. The number of rotatable bonds is 9. The van der Waals surface area contributed by atoms with Gasteiger partial charge in [-0.3, -0.25) is 0 Å². The first-order valence-electron chi connectivity index (χ1n) is 10.2. The standard InChI is InChI=1S/C24H29ClFNO/c1-3-4-8-19-22-21(14-13-20(25)23(22)26)27-24(19)16(2)18-11-9-17(10-12-18)7-5-6-15-28/h9-14,16,27-28H,3-8,15H2,1-2H3. The second kappa shape index (κ2) is 9.58. The van der Waals surface area contributed by atoms with Crippen LogP contribution in [0.4, 0.5) is 4.39 Å². The minimum absolute atomic E-state index is 0.143. The van der Waals surface area contributed by atoms with Crippen LogP contribution in [0.2, 0.25) is 5.02 Å². The molecule has 4 heteroatoms. The van der Waals surface area contributed by atoms with Crippen LogP contribution in [0.25, 0.3) is 10.9 Å². The highest BCUT2D eigenvalue weighted by atomic mass is 35.5. The van der Waals surface area contributed by atoms with Gasteiger partial charge < -0.3 is 10.1 Å². The molecule has 0 aliphatic rings. The topological polar surface area (TPSA) is 36.0 Å². The van der Waals surface area contributed by atoms with Crippen molar-refractivity contribution in [2.75, 3.05) is 6.61 Å². The van der Waals surface area contributed by atoms with E-state index in [1.165, 1.54) is 11.1 Å². The highest BCUT2D eigenvalue weighted by Crippen LogP contribution is 2.36. The van der Waals surface area contributed by atoms with Crippen molar-refractivity contribution in [3.8, 4) is 0 Å². The fourth-order valence-corrected chi connectivity index (χ4v) is 4.03. The summed E-state index contributed by atoms with van der Waals surface area (Å²) in [6.07, 6.45) is 5.73. The van der Waals surface area contributed by atoms with Gasteiger partial charge in [0.1, 0.15) is 0 Å². The van der Waals surface area contributed by atoms with Gasteiger partial charge in [-0.25, -0.2) is 4.39 Å². The van der Waals surface area contributed by atoms with Crippen molar-refractivity contribution in [1.82, 2.24) is 4.98 Å². The Balaban J connectivity index is 1.94. The summed E-state index contributed by atoms with van der Waals surface area (Å²) in [6, 6.07) is 12.1. The van der Waals surface area contributed by atoms with Crippen LogP contribution in [-0.4, -0.2) is 16.7 Å². The van der Waals surface area contributed by atoms with E-state index in [4.69, 9.17) is 16.7 Å². The molecule has 1 atom stereocenters. The third-order valence-electron chi connectivity index (χ3n) is 5.56. The number of halogens is 2. The zero-order valence-electron chi connectivity index (χ0n) is 16.7. The number of hydrogen-bond donors (Lipinski definition) is 2. The Labute approximate surface area is 171 Å². The molecule has 2 aromatic carbocycles. The van der Waals surface area contributed by atoms with E-state index in [2.05, 4.69) is 43.1 Å². The maximum absolute atomic E-state index is 14.8. The fourth-order valence-electron chi connectivity index (χ4n) is 3.87. The summed E-state index contributed by atoms with van der Waals surface area (Å²) < 4.78 is 14.8. The molecule has 0 spiro atoms. The van der Waals surface area contributed by atoms with E-state index in [1.807, 2.05) is 6.07 Å². The predicted molar refractivity (Wildman–Crippen MR) is 116 cm³/mol. The first-order chi connectivity index (χ1) is 13.6. The van der Waals surface area contributed by atoms with Gasteiger partial charge in [0.15, 0.2) is 5.82 Å². The van der Waals surface area contributed by atoms with Gasteiger partial charge in [0.05, 0.1) is 5.02 Å². The van der Waals surface area contributed by atoms with Crippen LogP contribution in [0.1, 0.15) is 67.8 Å². The molecule has 3 aromatic rings. The second-order valence-corrected chi connectivity index (χ2v) is 7.96. The summed E-state index contributed by atoms with van der Waals surface area (Å²) in [5.74, 6) is -0.178. The quantitative estimate of drug-likeness (QED) is 0.381.